The molecule has 2 fully saturated rings. The summed E-state index contributed by atoms with van der Waals surface area (Å²) < 4.78 is 29.5. The van der Waals surface area contributed by atoms with Crippen molar-refractivity contribution in [3.8, 4) is 5.75 Å². The Morgan fingerprint density at radius 3 is 2.41 bits per heavy atom. The number of benzene rings is 1. The zero-order valence-electron chi connectivity index (χ0n) is 17.1. The Morgan fingerprint density at radius 2 is 1.81 bits per heavy atom. The minimum absolute atomic E-state index is 0.0357. The molecule has 3 rings (SSSR count). The fourth-order valence-corrected chi connectivity index (χ4v) is 4.38. The standard InChI is InChI=1S/C20H32O6Si/c1-20(2,3)27(5,6)26-18-17(16(21)15-12-24-19(18)25-15)23-11-13-7-9-14(22-4)10-8-13/h7-10,15-19,21H,11-12H2,1-6H3/t15-,16+,17+,18-,19-/m1/s1. The zero-order valence-corrected chi connectivity index (χ0v) is 18.1. The van der Waals surface area contributed by atoms with E-state index in [2.05, 4.69) is 33.9 Å². The molecule has 6 nitrogen and oxygen atoms in total. The van der Waals surface area contributed by atoms with Crippen molar-refractivity contribution in [2.75, 3.05) is 13.7 Å². The SMILES string of the molecule is COc1ccc(CO[C@H]2[C@@H](O)[C@H]3CO[C@H](O3)[C@@H]2O[Si](C)(C)C(C)(C)C)cc1. The monoisotopic (exact) mass is 396 g/mol. The van der Waals surface area contributed by atoms with E-state index in [9.17, 15) is 5.11 Å². The summed E-state index contributed by atoms with van der Waals surface area (Å²) in [5, 5.41) is 10.8. The molecule has 5 atom stereocenters. The largest absolute Gasteiger partial charge is 0.497 e. The second kappa shape index (κ2) is 7.81. The molecule has 2 aliphatic heterocycles. The summed E-state index contributed by atoms with van der Waals surface area (Å²) in [6.07, 6.45) is -2.58. The first kappa shape index (κ1) is 20.8. The number of aliphatic hydroxyl groups excluding tert-OH is 1. The maximum absolute atomic E-state index is 10.8. The van der Waals surface area contributed by atoms with E-state index in [1.54, 1.807) is 7.11 Å². The molecule has 0 unspecified atom stereocenters. The summed E-state index contributed by atoms with van der Waals surface area (Å²) in [7, 11) is -0.450. The maximum atomic E-state index is 10.8. The first-order valence-corrected chi connectivity index (χ1v) is 12.4. The lowest BCUT2D eigenvalue weighted by Crippen LogP contribution is -2.59. The molecule has 2 heterocycles. The van der Waals surface area contributed by atoms with Gasteiger partial charge in [-0.2, -0.15) is 0 Å². The van der Waals surface area contributed by atoms with Gasteiger partial charge in [-0.1, -0.05) is 32.9 Å². The quantitative estimate of drug-likeness (QED) is 0.746. The molecule has 27 heavy (non-hydrogen) atoms. The summed E-state index contributed by atoms with van der Waals surface area (Å²) in [5.41, 5.74) is 1.01. The van der Waals surface area contributed by atoms with Crippen LogP contribution in [-0.4, -0.2) is 57.8 Å². The van der Waals surface area contributed by atoms with Gasteiger partial charge in [0.05, 0.1) is 20.3 Å². The average Bonchev–Trinajstić information content (AvgIpc) is 3.05. The molecule has 0 aromatic heterocycles. The van der Waals surface area contributed by atoms with Gasteiger partial charge < -0.3 is 28.5 Å². The molecule has 0 radical (unpaired) electrons. The van der Waals surface area contributed by atoms with Crippen LogP contribution in [0, 0.1) is 0 Å². The molecule has 1 aromatic carbocycles. The van der Waals surface area contributed by atoms with E-state index < -0.39 is 32.9 Å². The Balaban J connectivity index is 1.74. The third-order valence-corrected chi connectivity index (χ3v) is 10.4. The van der Waals surface area contributed by atoms with E-state index in [0.29, 0.717) is 13.2 Å². The number of fused-ring (bicyclic) bond motifs is 2. The molecule has 2 bridgehead atoms. The van der Waals surface area contributed by atoms with Crippen LogP contribution in [0.15, 0.2) is 24.3 Å². The first-order valence-electron chi connectivity index (χ1n) is 9.50. The first-order chi connectivity index (χ1) is 12.6. The van der Waals surface area contributed by atoms with Crippen LogP contribution in [0.3, 0.4) is 0 Å². The van der Waals surface area contributed by atoms with E-state index in [-0.39, 0.29) is 11.1 Å². The van der Waals surface area contributed by atoms with E-state index >= 15 is 0 Å². The van der Waals surface area contributed by atoms with Crippen LogP contribution in [0.4, 0.5) is 0 Å². The highest BCUT2D eigenvalue weighted by Gasteiger charge is 2.54. The maximum Gasteiger partial charge on any atom is 0.192 e. The van der Waals surface area contributed by atoms with Crippen LogP contribution in [0.5, 0.6) is 5.75 Å². The minimum atomic E-state index is -2.09. The molecule has 2 aliphatic rings. The van der Waals surface area contributed by atoms with Gasteiger partial charge in [-0.15, -0.1) is 0 Å². The zero-order chi connectivity index (χ0) is 19.8. The highest BCUT2D eigenvalue weighted by molar-refractivity contribution is 6.74. The fraction of sp³-hybridized carbons (Fsp3) is 0.700. The topological polar surface area (TPSA) is 66.4 Å². The molecule has 0 spiro atoms. The van der Waals surface area contributed by atoms with Crippen molar-refractivity contribution in [1.82, 2.24) is 0 Å². The molecule has 7 heteroatoms. The smallest absolute Gasteiger partial charge is 0.192 e. The Morgan fingerprint density at radius 1 is 1.15 bits per heavy atom. The van der Waals surface area contributed by atoms with Gasteiger partial charge in [0, 0.05) is 0 Å². The van der Waals surface area contributed by atoms with Gasteiger partial charge in [-0.05, 0) is 35.8 Å². The van der Waals surface area contributed by atoms with Gasteiger partial charge in [0.1, 0.15) is 30.2 Å². The summed E-state index contributed by atoms with van der Waals surface area (Å²) >= 11 is 0. The minimum Gasteiger partial charge on any atom is -0.497 e. The van der Waals surface area contributed by atoms with Gasteiger partial charge in [0.15, 0.2) is 14.6 Å². The second-order valence-corrected chi connectivity index (χ2v) is 13.6. The highest BCUT2D eigenvalue weighted by atomic mass is 28.4. The fourth-order valence-electron chi connectivity index (χ4n) is 3.10. The van der Waals surface area contributed by atoms with Gasteiger partial charge in [0.2, 0.25) is 0 Å². The Labute approximate surface area is 162 Å². The van der Waals surface area contributed by atoms with Crippen molar-refractivity contribution in [3.63, 3.8) is 0 Å². The summed E-state index contributed by atoms with van der Waals surface area (Å²) in [6.45, 7) is 11.7. The van der Waals surface area contributed by atoms with Gasteiger partial charge in [-0.3, -0.25) is 0 Å². The molecule has 0 amide bonds. The van der Waals surface area contributed by atoms with E-state index in [4.69, 9.17) is 23.4 Å². The van der Waals surface area contributed by atoms with Crippen LogP contribution in [0.2, 0.25) is 18.1 Å². The van der Waals surface area contributed by atoms with E-state index in [1.165, 1.54) is 0 Å². The number of ether oxygens (including phenoxy) is 4. The Bertz CT molecular complexity index is 626. The van der Waals surface area contributed by atoms with Crippen LogP contribution < -0.4 is 4.74 Å². The molecule has 1 aromatic rings. The predicted molar refractivity (Wildman–Crippen MR) is 104 cm³/mol. The third kappa shape index (κ3) is 4.39. The van der Waals surface area contributed by atoms with Crippen molar-refractivity contribution >= 4 is 8.32 Å². The summed E-state index contributed by atoms with van der Waals surface area (Å²) in [4.78, 5) is 0. The lowest BCUT2D eigenvalue weighted by molar-refractivity contribution is -0.238. The molecule has 0 aliphatic carbocycles. The lowest BCUT2D eigenvalue weighted by atomic mass is 10.0. The van der Waals surface area contributed by atoms with Gasteiger partial charge in [-0.25, -0.2) is 0 Å². The van der Waals surface area contributed by atoms with Crippen LogP contribution in [0.1, 0.15) is 26.3 Å². The predicted octanol–water partition coefficient (Wildman–Crippen LogP) is 3.09. The average molecular weight is 397 g/mol. The summed E-state index contributed by atoms with van der Waals surface area (Å²) in [5.74, 6) is 0.801. The number of hydrogen-bond acceptors (Lipinski definition) is 6. The van der Waals surface area contributed by atoms with Crippen molar-refractivity contribution in [3.05, 3.63) is 29.8 Å². The third-order valence-electron chi connectivity index (χ3n) is 5.88. The van der Waals surface area contributed by atoms with Crippen LogP contribution in [-0.2, 0) is 25.2 Å². The number of rotatable bonds is 6. The van der Waals surface area contributed by atoms with Crippen molar-refractivity contribution in [2.24, 2.45) is 0 Å². The number of aliphatic hydroxyl groups is 1. The van der Waals surface area contributed by atoms with Crippen LogP contribution >= 0.6 is 0 Å². The van der Waals surface area contributed by atoms with Gasteiger partial charge in [0.25, 0.3) is 0 Å². The molecular formula is C20H32O6Si. The molecule has 0 saturated carbocycles. The lowest BCUT2D eigenvalue weighted by Gasteiger charge is -2.45. The molecule has 2 saturated heterocycles. The second-order valence-electron chi connectivity index (χ2n) is 8.83. The Kier molecular flexibility index (Phi) is 6.01. The number of methoxy groups -OCH3 is 1. The van der Waals surface area contributed by atoms with E-state index in [0.717, 1.165) is 11.3 Å². The van der Waals surface area contributed by atoms with Crippen molar-refractivity contribution in [1.29, 1.82) is 0 Å². The van der Waals surface area contributed by atoms with Crippen molar-refractivity contribution in [2.45, 2.75) is 76.2 Å². The normalized spacial score (nSPS) is 31.1. The van der Waals surface area contributed by atoms with E-state index in [1.807, 2.05) is 24.3 Å². The molecule has 1 N–H and O–H groups in total. The highest BCUT2D eigenvalue weighted by Crippen LogP contribution is 2.41. The van der Waals surface area contributed by atoms with Crippen molar-refractivity contribution < 1.29 is 28.5 Å². The van der Waals surface area contributed by atoms with Gasteiger partial charge >= 0.3 is 0 Å². The molecule has 152 valence electrons. The summed E-state index contributed by atoms with van der Waals surface area (Å²) in [6, 6.07) is 7.71. The van der Waals surface area contributed by atoms with Crippen LogP contribution in [0.25, 0.3) is 0 Å². The number of hydrogen-bond donors (Lipinski definition) is 1. The molecular weight excluding hydrogens is 364 g/mol. The Hall–Kier alpha value is -0.963.